The Morgan fingerprint density at radius 3 is 2.35 bits per heavy atom. The van der Waals surface area contributed by atoms with Gasteiger partial charge in [0.15, 0.2) is 6.10 Å². The quantitative estimate of drug-likeness (QED) is 0.109. The van der Waals surface area contributed by atoms with Crippen molar-refractivity contribution in [2.45, 2.75) is 100 Å². The van der Waals surface area contributed by atoms with Crippen molar-refractivity contribution in [1.29, 1.82) is 0 Å². The number of methoxy groups -OCH3 is 1. The first-order chi connectivity index (χ1) is 29.3. The topological polar surface area (TPSA) is 249 Å². The second kappa shape index (κ2) is 16.9. The molecule has 0 radical (unpaired) electrons. The minimum Gasteiger partial charge on any atom is -0.497 e. The molecule has 2 aliphatic heterocycles. The molecule has 2 aromatic carbocycles. The third-order valence-corrected chi connectivity index (χ3v) is 13.5. The number of carbonyl (C=O) groups is 6. The molecular formula is C43H50N6O12S. The van der Waals surface area contributed by atoms with E-state index in [0.717, 1.165) is 10.5 Å². The number of benzene rings is 2. The van der Waals surface area contributed by atoms with Gasteiger partial charge in [-0.25, -0.2) is 18.2 Å². The first-order valence-electron chi connectivity index (χ1n) is 20.3. The summed E-state index contributed by atoms with van der Waals surface area (Å²) in [6.07, 6.45) is -1.46. The van der Waals surface area contributed by atoms with Gasteiger partial charge in [-0.05, 0) is 36.8 Å². The number of pyridine rings is 1. The van der Waals surface area contributed by atoms with E-state index in [1.807, 2.05) is 30.3 Å². The molecule has 0 spiro atoms. The number of nitrogens with one attached hydrogen (secondary N) is 4. The van der Waals surface area contributed by atoms with Gasteiger partial charge in [-0.2, -0.15) is 0 Å². The molecule has 7 rings (SSSR count). The molecule has 4 aliphatic rings. The molecule has 3 aromatic rings. The zero-order chi connectivity index (χ0) is 44.7. The molecule has 7 atom stereocenters. The van der Waals surface area contributed by atoms with Gasteiger partial charge in [-0.3, -0.25) is 28.7 Å². The molecule has 5 N–H and O–H groups in total. The Morgan fingerprint density at radius 1 is 1.03 bits per heavy atom. The van der Waals surface area contributed by atoms with Crippen molar-refractivity contribution in [3.8, 4) is 22.8 Å². The summed E-state index contributed by atoms with van der Waals surface area (Å²) in [4.78, 5) is 87.0. The van der Waals surface area contributed by atoms with Gasteiger partial charge in [0.25, 0.3) is 11.8 Å². The first kappa shape index (κ1) is 43.8. The minimum absolute atomic E-state index is 0.00580. The lowest BCUT2D eigenvalue weighted by atomic mass is 9.81. The number of esters is 1. The number of ether oxygens (including phenoxy) is 3. The van der Waals surface area contributed by atoms with Crippen molar-refractivity contribution in [1.82, 2.24) is 30.6 Å². The number of sulfonamides is 1. The number of nitrogens with zero attached hydrogens (tertiary/aromatic N) is 2. The number of likely N-dealkylation sites (tertiary alicyclic amines) is 1. The first-order valence-corrected chi connectivity index (χ1v) is 21.9. The third kappa shape index (κ3) is 9.17. The Labute approximate surface area is 358 Å². The number of cyclic esters (lactones) is 1. The van der Waals surface area contributed by atoms with Crippen molar-refractivity contribution >= 4 is 56.6 Å². The highest BCUT2D eigenvalue weighted by Crippen LogP contribution is 2.46. The summed E-state index contributed by atoms with van der Waals surface area (Å²) < 4.78 is 45.1. The summed E-state index contributed by atoms with van der Waals surface area (Å²) in [5, 5.41) is 17.7. The van der Waals surface area contributed by atoms with E-state index in [1.165, 1.54) is 13.2 Å². The molecule has 1 aromatic heterocycles. The van der Waals surface area contributed by atoms with Gasteiger partial charge in [0.05, 0.1) is 36.2 Å². The number of hydrogen-bond acceptors (Lipinski definition) is 12. The third-order valence-electron chi connectivity index (χ3n) is 11.7. The van der Waals surface area contributed by atoms with Crippen LogP contribution in [0.25, 0.3) is 22.2 Å². The predicted octanol–water partition coefficient (Wildman–Crippen LogP) is 2.80. The minimum atomic E-state index is -4.00. The fourth-order valence-corrected chi connectivity index (χ4v) is 9.45. The van der Waals surface area contributed by atoms with E-state index in [1.54, 1.807) is 45.0 Å². The maximum Gasteiger partial charge on any atom is 0.405 e. The number of amides is 5. The predicted molar refractivity (Wildman–Crippen MR) is 223 cm³/mol. The van der Waals surface area contributed by atoms with Crippen LogP contribution in [0.1, 0.15) is 59.3 Å². The number of carboxylic acid groups (broad SMARTS) is 1. The van der Waals surface area contributed by atoms with E-state index in [2.05, 4.69) is 27.3 Å². The Balaban J connectivity index is 1.25. The zero-order valence-electron chi connectivity index (χ0n) is 34.7. The lowest BCUT2D eigenvalue weighted by Crippen LogP contribution is -2.65. The van der Waals surface area contributed by atoms with E-state index < -0.39 is 98.2 Å². The molecule has 62 heavy (non-hydrogen) atoms. The van der Waals surface area contributed by atoms with Crippen LogP contribution < -0.4 is 30.1 Å². The molecule has 2 saturated carbocycles. The molecule has 330 valence electrons. The fraction of sp³-hybridized carbons (Fsp3) is 0.465. The highest BCUT2D eigenvalue weighted by atomic mass is 32.2. The highest BCUT2D eigenvalue weighted by molar-refractivity contribution is 7.91. The van der Waals surface area contributed by atoms with E-state index in [9.17, 15) is 42.3 Å². The zero-order valence-corrected chi connectivity index (χ0v) is 35.5. The average Bonchev–Trinajstić information content (AvgIpc) is 4.13. The molecule has 4 fully saturated rings. The molecule has 18 nitrogen and oxygen atoms in total. The summed E-state index contributed by atoms with van der Waals surface area (Å²) in [6.45, 7) is 8.53. The van der Waals surface area contributed by atoms with Crippen LogP contribution in [0.5, 0.6) is 11.5 Å². The van der Waals surface area contributed by atoms with Crippen LogP contribution in [0.15, 0.2) is 67.3 Å². The normalized spacial score (nSPS) is 24.3. The maximum absolute atomic E-state index is 15.0. The summed E-state index contributed by atoms with van der Waals surface area (Å²) in [5.74, 6) is -3.71. The van der Waals surface area contributed by atoms with Crippen LogP contribution in [0.2, 0.25) is 0 Å². The fourth-order valence-electron chi connectivity index (χ4n) is 8.09. The van der Waals surface area contributed by atoms with Crippen molar-refractivity contribution < 1.29 is 56.5 Å². The molecule has 2 aliphatic carbocycles. The average molecular weight is 875 g/mol. The number of rotatable bonds is 15. The van der Waals surface area contributed by atoms with Crippen molar-refractivity contribution in [2.75, 3.05) is 13.7 Å². The van der Waals surface area contributed by atoms with E-state index >= 15 is 0 Å². The van der Waals surface area contributed by atoms with Gasteiger partial charge in [-0.1, -0.05) is 57.2 Å². The van der Waals surface area contributed by atoms with Crippen molar-refractivity contribution in [3.63, 3.8) is 0 Å². The lowest BCUT2D eigenvalue weighted by molar-refractivity contribution is -0.149. The van der Waals surface area contributed by atoms with Crippen LogP contribution in [0, 0.1) is 11.3 Å². The Hall–Kier alpha value is -6.24. The van der Waals surface area contributed by atoms with Crippen LogP contribution >= 0.6 is 0 Å². The molecule has 2 unspecified atom stereocenters. The van der Waals surface area contributed by atoms with Crippen molar-refractivity contribution in [3.05, 3.63) is 67.3 Å². The number of carbonyl (C=O) groups excluding carboxylic acids is 5. The van der Waals surface area contributed by atoms with Crippen LogP contribution in [-0.2, 0) is 38.7 Å². The Kier molecular flexibility index (Phi) is 12.0. The van der Waals surface area contributed by atoms with Gasteiger partial charge in [0.2, 0.25) is 21.8 Å². The van der Waals surface area contributed by atoms with Crippen LogP contribution in [-0.4, -0.2) is 114 Å². The molecule has 0 bridgehead atoms. The lowest BCUT2D eigenvalue weighted by Gasteiger charge is -2.39. The largest absolute Gasteiger partial charge is 0.497 e. The van der Waals surface area contributed by atoms with Gasteiger partial charge >= 0.3 is 12.1 Å². The second-order valence-electron chi connectivity index (χ2n) is 17.2. The van der Waals surface area contributed by atoms with E-state index in [4.69, 9.17) is 19.2 Å². The van der Waals surface area contributed by atoms with E-state index in [0.29, 0.717) is 40.9 Å². The second-order valence-corrected chi connectivity index (χ2v) is 19.2. The number of fused-ring (bicyclic) bond motifs is 1. The highest BCUT2D eigenvalue weighted by Gasteiger charge is 2.62. The summed E-state index contributed by atoms with van der Waals surface area (Å²) in [6, 6.07) is 12.0. The standard InChI is InChI=1S/C43H50N6O12S/c1-6-24-21-43(24,40(54)48-62(57,58)27-13-14-27)47-37(51)31-19-26(60-33-20-29(23-10-8-7-9-11-23)44-30-18-25(59-5)12-15-28(30)33)22-49(31)39(53)35(45-41(55)56)36(42(2,3)4)46-38(52)32-16-17-34(50)61-32/h6-12,15,18,20,24,26-27,31-32,35-36,45H,1,13-14,16-17,19,21-22H2,2-5H3,(H,46,52)(H,47,51)(H,48,54)(H,55,56)/t24-,26?,31+,32+,35+,36?,43-/m1/s1. The van der Waals surface area contributed by atoms with Crippen molar-refractivity contribution in [2.24, 2.45) is 11.3 Å². The summed E-state index contributed by atoms with van der Waals surface area (Å²) in [7, 11) is -2.48. The smallest absolute Gasteiger partial charge is 0.405 e. The SMILES string of the molecule is C=C[C@@H]1C[C@]1(NC(=O)[C@@H]1CC(Oc2cc(-c3ccccc3)nc3cc(OC)ccc23)CN1C(=O)[C@@H](NC(=O)O)C(NC(=O)[C@@H]1CCC(=O)O1)C(C)(C)C)C(=O)NS(=O)(=O)C1CC1. The monoisotopic (exact) mass is 874 g/mol. The van der Waals surface area contributed by atoms with Gasteiger partial charge in [-0.15, -0.1) is 6.58 Å². The van der Waals surface area contributed by atoms with Crippen LogP contribution in [0.4, 0.5) is 4.79 Å². The van der Waals surface area contributed by atoms with Gasteiger partial charge in [0, 0.05) is 48.3 Å². The maximum atomic E-state index is 15.0. The molecule has 5 amide bonds. The molecule has 19 heteroatoms. The number of hydrogen-bond donors (Lipinski definition) is 5. The van der Waals surface area contributed by atoms with Gasteiger partial charge in [0.1, 0.15) is 35.2 Å². The Morgan fingerprint density at radius 2 is 1.76 bits per heavy atom. The number of aromatic nitrogens is 1. The van der Waals surface area contributed by atoms with Gasteiger partial charge < -0.3 is 40.2 Å². The van der Waals surface area contributed by atoms with E-state index in [-0.39, 0.29) is 32.2 Å². The summed E-state index contributed by atoms with van der Waals surface area (Å²) >= 11 is 0. The molecule has 3 heterocycles. The molecular weight excluding hydrogens is 825 g/mol. The Bertz CT molecular complexity index is 2420. The molecule has 2 saturated heterocycles. The van der Waals surface area contributed by atoms with Crippen LogP contribution in [0.3, 0.4) is 0 Å². The summed E-state index contributed by atoms with van der Waals surface area (Å²) in [5.41, 5.74) is -0.830.